The smallest absolute Gasteiger partial charge is 0.435 e. The van der Waals surface area contributed by atoms with Gasteiger partial charge < -0.3 is 4.74 Å². The van der Waals surface area contributed by atoms with E-state index in [1.54, 1.807) is 0 Å². The molecule has 0 radical (unpaired) electrons. The van der Waals surface area contributed by atoms with Crippen LogP contribution in [0, 0.1) is 0 Å². The monoisotopic (exact) mass is 289 g/mol. The van der Waals surface area contributed by atoms with Gasteiger partial charge in [0, 0.05) is 24.0 Å². The molecule has 0 aromatic carbocycles. The zero-order valence-corrected chi connectivity index (χ0v) is 10.3. The fourth-order valence-corrected chi connectivity index (χ4v) is 1.58. The van der Waals surface area contributed by atoms with E-state index in [0.29, 0.717) is 10.6 Å². The molecule has 100 valence electrons. The third-order valence-corrected chi connectivity index (χ3v) is 2.45. The molecular formula is C11H7ClF3N3O. The Labute approximate surface area is 111 Å². The summed E-state index contributed by atoms with van der Waals surface area (Å²) in [5.41, 5.74) is -0.556. The average molecular weight is 290 g/mol. The van der Waals surface area contributed by atoms with Crippen LogP contribution in [-0.4, -0.2) is 22.3 Å². The molecule has 2 aromatic heterocycles. The maximum absolute atomic E-state index is 12.5. The lowest BCUT2D eigenvalue weighted by Gasteiger charge is -2.10. The Bertz CT molecular complexity index is 604. The lowest BCUT2D eigenvalue weighted by molar-refractivity contribution is -0.141. The van der Waals surface area contributed by atoms with E-state index in [1.165, 1.54) is 25.6 Å². The van der Waals surface area contributed by atoms with Crippen LogP contribution in [0.15, 0.2) is 24.5 Å². The van der Waals surface area contributed by atoms with Gasteiger partial charge in [-0.05, 0) is 6.07 Å². The van der Waals surface area contributed by atoms with Crippen LogP contribution in [0.4, 0.5) is 13.2 Å². The summed E-state index contributed by atoms with van der Waals surface area (Å²) in [4.78, 5) is 3.83. The summed E-state index contributed by atoms with van der Waals surface area (Å²) in [6.45, 7) is 0. The average Bonchev–Trinajstić information content (AvgIpc) is 2.37. The van der Waals surface area contributed by atoms with Crippen LogP contribution >= 0.6 is 11.6 Å². The van der Waals surface area contributed by atoms with E-state index in [1.807, 2.05) is 0 Å². The Morgan fingerprint density at radius 2 is 1.89 bits per heavy atom. The zero-order chi connectivity index (χ0) is 14.0. The summed E-state index contributed by atoms with van der Waals surface area (Å²) in [6.07, 6.45) is -1.77. The van der Waals surface area contributed by atoms with Crippen LogP contribution in [-0.2, 0) is 6.18 Å². The Morgan fingerprint density at radius 3 is 2.47 bits per heavy atom. The Kier molecular flexibility index (Phi) is 3.57. The number of nitrogens with zero attached hydrogens (tertiary/aromatic N) is 3. The summed E-state index contributed by atoms with van der Waals surface area (Å²) < 4.78 is 42.4. The molecule has 0 bridgehead atoms. The molecule has 0 N–H and O–H groups in total. The Balaban J connectivity index is 2.53. The maximum Gasteiger partial charge on any atom is 0.435 e. The van der Waals surface area contributed by atoms with Crippen LogP contribution in [0.5, 0.6) is 5.75 Å². The molecule has 0 aliphatic rings. The molecule has 0 saturated carbocycles. The van der Waals surface area contributed by atoms with Crippen molar-refractivity contribution in [1.82, 2.24) is 15.2 Å². The maximum atomic E-state index is 12.5. The Hall–Kier alpha value is -1.89. The van der Waals surface area contributed by atoms with Crippen LogP contribution in [0.25, 0.3) is 11.3 Å². The molecule has 0 unspecified atom stereocenters. The molecule has 0 aliphatic heterocycles. The predicted octanol–water partition coefficient (Wildman–Crippen LogP) is 3.22. The highest BCUT2D eigenvalue weighted by atomic mass is 35.5. The molecule has 2 rings (SSSR count). The van der Waals surface area contributed by atoms with Crippen LogP contribution in [0.1, 0.15) is 5.69 Å². The molecule has 8 heteroatoms. The van der Waals surface area contributed by atoms with Gasteiger partial charge in [0.2, 0.25) is 0 Å². The van der Waals surface area contributed by atoms with Gasteiger partial charge in [0.15, 0.2) is 5.69 Å². The molecule has 19 heavy (non-hydrogen) atoms. The van der Waals surface area contributed by atoms with Crippen molar-refractivity contribution in [2.45, 2.75) is 6.18 Å². The predicted molar refractivity (Wildman–Crippen MR) is 61.8 cm³/mol. The number of alkyl halides is 3. The van der Waals surface area contributed by atoms with Crippen molar-refractivity contribution < 1.29 is 17.9 Å². The van der Waals surface area contributed by atoms with Crippen molar-refractivity contribution in [3.05, 3.63) is 35.2 Å². The molecule has 4 nitrogen and oxygen atoms in total. The van der Waals surface area contributed by atoms with Crippen LogP contribution < -0.4 is 4.74 Å². The SMILES string of the molecule is COc1cc(C(F)(F)F)nnc1-c1cncc(Cl)c1. The molecule has 0 saturated heterocycles. The lowest BCUT2D eigenvalue weighted by atomic mass is 10.2. The minimum Gasteiger partial charge on any atom is -0.494 e. The van der Waals surface area contributed by atoms with Crippen molar-refractivity contribution in [3.63, 3.8) is 0 Å². The number of halogens is 4. The summed E-state index contributed by atoms with van der Waals surface area (Å²) in [7, 11) is 1.25. The number of hydrogen-bond donors (Lipinski definition) is 0. The molecule has 0 atom stereocenters. The number of rotatable bonds is 2. The topological polar surface area (TPSA) is 47.9 Å². The highest BCUT2D eigenvalue weighted by Gasteiger charge is 2.34. The van der Waals surface area contributed by atoms with Gasteiger partial charge in [0.25, 0.3) is 0 Å². The lowest BCUT2D eigenvalue weighted by Crippen LogP contribution is -2.10. The van der Waals surface area contributed by atoms with Gasteiger partial charge in [-0.3, -0.25) is 4.98 Å². The number of ether oxygens (including phenoxy) is 1. The molecular weight excluding hydrogens is 283 g/mol. The molecule has 0 spiro atoms. The van der Waals surface area contributed by atoms with E-state index in [4.69, 9.17) is 16.3 Å². The van der Waals surface area contributed by atoms with Gasteiger partial charge in [-0.25, -0.2) is 0 Å². The van der Waals surface area contributed by atoms with Gasteiger partial charge >= 0.3 is 6.18 Å². The zero-order valence-electron chi connectivity index (χ0n) is 9.57. The number of methoxy groups -OCH3 is 1. The second kappa shape index (κ2) is 5.00. The molecule has 0 amide bonds. The fourth-order valence-electron chi connectivity index (χ4n) is 1.41. The third-order valence-electron chi connectivity index (χ3n) is 2.25. The largest absolute Gasteiger partial charge is 0.494 e. The van der Waals surface area contributed by atoms with Crippen molar-refractivity contribution >= 4 is 11.6 Å². The van der Waals surface area contributed by atoms with E-state index in [-0.39, 0.29) is 11.4 Å². The summed E-state index contributed by atoms with van der Waals surface area (Å²) in [5.74, 6) is -0.0496. The summed E-state index contributed by atoms with van der Waals surface area (Å²) >= 11 is 5.76. The van der Waals surface area contributed by atoms with Crippen molar-refractivity contribution in [2.75, 3.05) is 7.11 Å². The molecule has 0 aliphatic carbocycles. The Morgan fingerprint density at radius 1 is 1.16 bits per heavy atom. The van der Waals surface area contributed by atoms with Gasteiger partial charge in [-0.1, -0.05) is 11.6 Å². The standard InChI is InChI=1S/C11H7ClF3N3O/c1-19-8-3-9(11(13,14)15)17-18-10(8)6-2-7(12)5-16-4-6/h2-5H,1H3. The summed E-state index contributed by atoms with van der Waals surface area (Å²) in [5, 5.41) is 7.01. The minimum atomic E-state index is -4.58. The number of pyridine rings is 1. The quantitative estimate of drug-likeness (QED) is 0.852. The van der Waals surface area contributed by atoms with E-state index >= 15 is 0 Å². The third kappa shape index (κ3) is 2.93. The first-order valence-electron chi connectivity index (χ1n) is 5.01. The first-order chi connectivity index (χ1) is 8.91. The first kappa shape index (κ1) is 13.5. The molecule has 2 aromatic rings. The molecule has 2 heterocycles. The number of aromatic nitrogens is 3. The van der Waals surface area contributed by atoms with Gasteiger partial charge in [0.05, 0.1) is 12.1 Å². The highest BCUT2D eigenvalue weighted by Crippen LogP contribution is 2.34. The first-order valence-corrected chi connectivity index (χ1v) is 5.39. The van der Waals surface area contributed by atoms with Crippen molar-refractivity contribution in [3.8, 4) is 17.0 Å². The van der Waals surface area contributed by atoms with E-state index < -0.39 is 11.9 Å². The van der Waals surface area contributed by atoms with Crippen LogP contribution in [0.3, 0.4) is 0 Å². The highest BCUT2D eigenvalue weighted by molar-refractivity contribution is 6.30. The van der Waals surface area contributed by atoms with Gasteiger partial charge in [0.1, 0.15) is 11.4 Å². The van der Waals surface area contributed by atoms with Crippen molar-refractivity contribution in [1.29, 1.82) is 0 Å². The van der Waals surface area contributed by atoms with Crippen molar-refractivity contribution in [2.24, 2.45) is 0 Å². The second-order valence-corrected chi connectivity index (χ2v) is 3.97. The van der Waals surface area contributed by atoms with E-state index in [9.17, 15) is 13.2 Å². The minimum absolute atomic E-state index is 0.0496. The second-order valence-electron chi connectivity index (χ2n) is 3.54. The summed E-state index contributed by atoms with van der Waals surface area (Å²) in [6, 6.07) is 2.29. The van der Waals surface area contributed by atoms with Gasteiger partial charge in [-0.15, -0.1) is 10.2 Å². The molecule has 0 fully saturated rings. The van der Waals surface area contributed by atoms with Crippen LogP contribution in [0.2, 0.25) is 5.02 Å². The fraction of sp³-hybridized carbons (Fsp3) is 0.182. The normalized spacial score (nSPS) is 11.4. The number of hydrogen-bond acceptors (Lipinski definition) is 4. The van der Waals surface area contributed by atoms with Gasteiger partial charge in [-0.2, -0.15) is 13.2 Å². The van der Waals surface area contributed by atoms with E-state index in [2.05, 4.69) is 15.2 Å². The van der Waals surface area contributed by atoms with E-state index in [0.717, 1.165) is 6.07 Å².